The standard InChI is InChI=1S/C8H8F5NO4S2/c1-19(17,18)14-7-4-5(20(9,10,11,12)13)2-3-6(7)8(15)16/h2-4,14H,1H3,(H,15,16). The Morgan fingerprint density at radius 3 is 2.05 bits per heavy atom. The van der Waals surface area contributed by atoms with Crippen LogP contribution in [0.15, 0.2) is 23.1 Å². The van der Waals surface area contributed by atoms with Crippen molar-refractivity contribution in [1.29, 1.82) is 0 Å². The van der Waals surface area contributed by atoms with Crippen LogP contribution in [0.5, 0.6) is 0 Å². The van der Waals surface area contributed by atoms with Crippen molar-refractivity contribution < 1.29 is 37.7 Å². The second-order valence-corrected chi connectivity index (χ2v) is 8.01. The molecule has 12 heteroatoms. The Morgan fingerprint density at radius 1 is 1.20 bits per heavy atom. The third-order valence-corrected chi connectivity index (χ3v) is 3.70. The van der Waals surface area contributed by atoms with E-state index in [2.05, 4.69) is 0 Å². The van der Waals surface area contributed by atoms with Crippen molar-refractivity contribution >= 4 is 31.9 Å². The van der Waals surface area contributed by atoms with E-state index in [1.54, 1.807) is 0 Å². The number of carbonyl (C=O) groups is 1. The first-order valence-electron chi connectivity index (χ1n) is 4.59. The van der Waals surface area contributed by atoms with Crippen LogP contribution >= 0.6 is 10.2 Å². The summed E-state index contributed by atoms with van der Waals surface area (Å²) in [4.78, 5) is 8.35. The topological polar surface area (TPSA) is 83.5 Å². The Morgan fingerprint density at radius 2 is 1.70 bits per heavy atom. The molecular weight excluding hydrogens is 333 g/mol. The zero-order chi connectivity index (χ0) is 16.0. The molecule has 0 aliphatic carbocycles. The number of hydrogen-bond acceptors (Lipinski definition) is 3. The minimum Gasteiger partial charge on any atom is -0.478 e. The number of benzene rings is 1. The molecule has 0 saturated heterocycles. The van der Waals surface area contributed by atoms with Gasteiger partial charge in [-0.1, -0.05) is 19.4 Å². The highest BCUT2D eigenvalue weighted by Gasteiger charge is 2.65. The van der Waals surface area contributed by atoms with Gasteiger partial charge in [-0.25, -0.2) is 13.2 Å². The Hall–Kier alpha value is -1.56. The largest absolute Gasteiger partial charge is 0.478 e. The number of sulfonamides is 1. The van der Waals surface area contributed by atoms with E-state index < -0.39 is 42.4 Å². The number of carboxylic acid groups (broad SMARTS) is 1. The summed E-state index contributed by atoms with van der Waals surface area (Å²) in [7, 11) is -14.2. The third-order valence-electron chi connectivity index (χ3n) is 1.96. The Balaban J connectivity index is 3.60. The summed E-state index contributed by atoms with van der Waals surface area (Å²) in [5, 5.41) is 8.69. The number of halogens is 5. The average Bonchev–Trinajstić information content (AvgIpc) is 2.10. The molecule has 0 radical (unpaired) electrons. The predicted molar refractivity (Wildman–Crippen MR) is 63.3 cm³/mol. The molecule has 1 aromatic carbocycles. The summed E-state index contributed by atoms with van der Waals surface area (Å²) in [6, 6.07) is -0.104. The zero-order valence-electron chi connectivity index (χ0n) is 9.61. The van der Waals surface area contributed by atoms with Gasteiger partial charge >= 0.3 is 16.2 Å². The SMILES string of the molecule is CS(=O)(=O)Nc1cc(S(F)(F)(F)(F)F)ccc1C(=O)O. The second-order valence-electron chi connectivity index (χ2n) is 3.86. The molecule has 0 spiro atoms. The molecule has 0 saturated carbocycles. The molecule has 0 aliphatic heterocycles. The van der Waals surface area contributed by atoms with E-state index in [9.17, 15) is 32.6 Å². The number of nitrogens with one attached hydrogen (secondary N) is 1. The fourth-order valence-electron chi connectivity index (χ4n) is 1.23. The number of hydrogen-bond donors (Lipinski definition) is 2. The van der Waals surface area contributed by atoms with Crippen LogP contribution in [0.3, 0.4) is 0 Å². The lowest BCUT2D eigenvalue weighted by Crippen LogP contribution is -2.15. The van der Waals surface area contributed by atoms with Gasteiger partial charge in [-0.2, -0.15) is 0 Å². The third kappa shape index (κ3) is 4.23. The first kappa shape index (κ1) is 16.5. The van der Waals surface area contributed by atoms with Crippen molar-refractivity contribution in [1.82, 2.24) is 0 Å². The lowest BCUT2D eigenvalue weighted by atomic mass is 10.2. The summed E-state index contributed by atoms with van der Waals surface area (Å²) < 4.78 is 86.2. The van der Waals surface area contributed by atoms with E-state index in [-0.39, 0.29) is 18.2 Å². The van der Waals surface area contributed by atoms with Crippen LogP contribution < -0.4 is 4.72 Å². The minimum absolute atomic E-state index is 0.113. The van der Waals surface area contributed by atoms with Gasteiger partial charge in [0.05, 0.1) is 17.5 Å². The van der Waals surface area contributed by atoms with Crippen LogP contribution in [-0.2, 0) is 10.0 Å². The molecule has 0 unspecified atom stereocenters. The molecule has 5 nitrogen and oxygen atoms in total. The van der Waals surface area contributed by atoms with Crippen molar-refractivity contribution in [3.8, 4) is 0 Å². The summed E-state index contributed by atoms with van der Waals surface area (Å²) in [6.45, 7) is 0. The lowest BCUT2D eigenvalue weighted by Gasteiger charge is -2.40. The molecule has 0 aromatic heterocycles. The maximum Gasteiger partial charge on any atom is 0.337 e. The predicted octanol–water partition coefficient (Wildman–Crippen LogP) is 3.41. The molecule has 2 N–H and O–H groups in total. The van der Waals surface area contributed by atoms with E-state index in [0.29, 0.717) is 6.26 Å². The lowest BCUT2D eigenvalue weighted by molar-refractivity contribution is 0.0697. The number of anilines is 1. The highest BCUT2D eigenvalue weighted by Crippen LogP contribution is 3.02. The Labute approximate surface area is 110 Å². The summed E-state index contributed by atoms with van der Waals surface area (Å²) in [5.41, 5.74) is -1.98. The van der Waals surface area contributed by atoms with Crippen LogP contribution in [0.25, 0.3) is 0 Å². The fraction of sp³-hybridized carbons (Fsp3) is 0.125. The molecule has 20 heavy (non-hydrogen) atoms. The van der Waals surface area contributed by atoms with E-state index in [4.69, 9.17) is 5.11 Å². The van der Waals surface area contributed by atoms with Crippen LogP contribution in [-0.4, -0.2) is 25.7 Å². The molecule has 116 valence electrons. The zero-order valence-corrected chi connectivity index (χ0v) is 11.2. The first-order chi connectivity index (χ1) is 8.49. The Bertz CT molecular complexity index is 683. The average molecular weight is 341 g/mol. The molecule has 1 aromatic rings. The highest BCUT2D eigenvalue weighted by atomic mass is 32.5. The van der Waals surface area contributed by atoms with Gasteiger partial charge in [0.15, 0.2) is 0 Å². The van der Waals surface area contributed by atoms with E-state index in [1.807, 2.05) is 0 Å². The summed E-state index contributed by atoms with van der Waals surface area (Å²) in [5.74, 6) is -1.77. The summed E-state index contributed by atoms with van der Waals surface area (Å²) in [6.07, 6.45) is 0.533. The van der Waals surface area contributed by atoms with Gasteiger partial charge in [-0.15, -0.1) is 0 Å². The Kier molecular flexibility index (Phi) is 3.10. The van der Waals surface area contributed by atoms with Gasteiger partial charge in [0.25, 0.3) is 0 Å². The second kappa shape index (κ2) is 3.75. The molecule has 0 amide bonds. The highest BCUT2D eigenvalue weighted by molar-refractivity contribution is 8.45. The van der Waals surface area contributed by atoms with Gasteiger partial charge in [0.1, 0.15) is 4.90 Å². The maximum absolute atomic E-state index is 12.6. The van der Waals surface area contributed by atoms with Gasteiger partial charge in [-0.3, -0.25) is 4.72 Å². The van der Waals surface area contributed by atoms with Crippen LogP contribution in [0.4, 0.5) is 25.1 Å². The van der Waals surface area contributed by atoms with Crippen molar-refractivity contribution in [2.24, 2.45) is 0 Å². The molecule has 0 heterocycles. The quantitative estimate of drug-likeness (QED) is 0.822. The van der Waals surface area contributed by atoms with Gasteiger partial charge < -0.3 is 5.11 Å². The van der Waals surface area contributed by atoms with Crippen molar-refractivity contribution in [3.05, 3.63) is 23.8 Å². The van der Waals surface area contributed by atoms with E-state index in [1.165, 1.54) is 4.72 Å². The molecule has 0 atom stereocenters. The van der Waals surface area contributed by atoms with E-state index in [0.717, 1.165) is 0 Å². The molecular formula is C8H8F5NO4S2. The van der Waals surface area contributed by atoms with E-state index >= 15 is 0 Å². The molecule has 0 bridgehead atoms. The maximum atomic E-state index is 12.6. The smallest absolute Gasteiger partial charge is 0.337 e. The van der Waals surface area contributed by atoms with Crippen LogP contribution in [0, 0.1) is 0 Å². The minimum atomic E-state index is -10.0. The van der Waals surface area contributed by atoms with Crippen LogP contribution in [0.2, 0.25) is 0 Å². The number of carboxylic acids is 1. The molecule has 1 rings (SSSR count). The fourth-order valence-corrected chi connectivity index (χ4v) is 2.47. The molecule has 0 fully saturated rings. The summed E-state index contributed by atoms with van der Waals surface area (Å²) >= 11 is 0. The van der Waals surface area contributed by atoms with Crippen LogP contribution in [0.1, 0.15) is 10.4 Å². The van der Waals surface area contributed by atoms with Gasteiger partial charge in [0.2, 0.25) is 10.0 Å². The van der Waals surface area contributed by atoms with Crippen molar-refractivity contribution in [3.63, 3.8) is 0 Å². The number of rotatable bonds is 4. The van der Waals surface area contributed by atoms with Gasteiger partial charge in [-0.05, 0) is 18.2 Å². The number of aromatic carboxylic acids is 1. The molecule has 0 aliphatic rings. The van der Waals surface area contributed by atoms with Crippen molar-refractivity contribution in [2.75, 3.05) is 11.0 Å². The first-order valence-corrected chi connectivity index (χ1v) is 8.43. The van der Waals surface area contributed by atoms with Gasteiger partial charge in [0, 0.05) is 0 Å². The normalized spacial score (nSPS) is 16.1. The monoisotopic (exact) mass is 341 g/mol. The van der Waals surface area contributed by atoms with Crippen molar-refractivity contribution in [2.45, 2.75) is 4.90 Å².